The summed E-state index contributed by atoms with van der Waals surface area (Å²) < 4.78 is 1.84. The van der Waals surface area contributed by atoms with Crippen LogP contribution < -0.4 is 5.32 Å². The van der Waals surface area contributed by atoms with Crippen LogP contribution in [0.2, 0.25) is 0 Å². The molecule has 1 aliphatic carbocycles. The molecule has 2 N–H and O–H groups in total. The summed E-state index contributed by atoms with van der Waals surface area (Å²) in [5, 5.41) is 16.2. The van der Waals surface area contributed by atoms with E-state index in [2.05, 4.69) is 24.3 Å². The lowest BCUT2D eigenvalue weighted by atomic mass is 10.1. The summed E-state index contributed by atoms with van der Waals surface area (Å²) in [6.07, 6.45) is 3.46. The Morgan fingerprint density at radius 2 is 2.19 bits per heavy atom. The quantitative estimate of drug-likeness (QED) is 0.867. The summed E-state index contributed by atoms with van der Waals surface area (Å²) in [5.41, 5.74) is 1.43. The zero-order valence-electron chi connectivity index (χ0n) is 12.8. The topological polar surface area (TPSA) is 84.2 Å². The Labute approximate surface area is 124 Å². The minimum atomic E-state index is -0.771. The van der Waals surface area contributed by atoms with Crippen LogP contribution in [0, 0.1) is 18.8 Å². The molecule has 21 heavy (non-hydrogen) atoms. The highest BCUT2D eigenvalue weighted by atomic mass is 16.4. The van der Waals surface area contributed by atoms with Crippen LogP contribution >= 0.6 is 0 Å². The standard InChI is InChI=1S/C15H23N3O3/c1-9(2)8-18-10(3)13(7-16-18)14(19)17-12-5-4-11(6-12)15(20)21/h7,9,11-12H,4-6,8H2,1-3H3,(H,17,19)(H,20,21)/t11-,12+/m0/s1. The Hall–Kier alpha value is -1.85. The first-order chi connectivity index (χ1) is 9.88. The molecule has 1 aromatic heterocycles. The number of carboxylic acids is 1. The molecule has 0 aromatic carbocycles. The molecule has 1 aliphatic rings. The molecule has 2 atom stereocenters. The Kier molecular flexibility index (Phi) is 4.65. The number of aromatic nitrogens is 2. The molecule has 1 fully saturated rings. The molecule has 1 aromatic rings. The summed E-state index contributed by atoms with van der Waals surface area (Å²) in [7, 11) is 0. The van der Waals surface area contributed by atoms with Crippen molar-refractivity contribution in [3.05, 3.63) is 17.5 Å². The van der Waals surface area contributed by atoms with E-state index in [1.165, 1.54) is 0 Å². The molecule has 0 saturated heterocycles. The summed E-state index contributed by atoms with van der Waals surface area (Å²) >= 11 is 0. The fraction of sp³-hybridized carbons (Fsp3) is 0.667. The average Bonchev–Trinajstić information content (AvgIpc) is 2.97. The Balaban J connectivity index is 1.98. The van der Waals surface area contributed by atoms with Gasteiger partial charge in [0, 0.05) is 18.3 Å². The Bertz CT molecular complexity index is 536. The van der Waals surface area contributed by atoms with Crippen molar-refractivity contribution in [2.45, 2.75) is 52.6 Å². The molecule has 1 saturated carbocycles. The molecular formula is C15H23N3O3. The fourth-order valence-corrected chi connectivity index (χ4v) is 2.80. The van der Waals surface area contributed by atoms with Crippen LogP contribution in [0.3, 0.4) is 0 Å². The van der Waals surface area contributed by atoms with Crippen LogP contribution in [0.4, 0.5) is 0 Å². The van der Waals surface area contributed by atoms with Crippen molar-refractivity contribution < 1.29 is 14.7 Å². The number of carboxylic acid groups (broad SMARTS) is 1. The first-order valence-electron chi connectivity index (χ1n) is 7.44. The highest BCUT2D eigenvalue weighted by molar-refractivity contribution is 5.95. The second-order valence-corrected chi connectivity index (χ2v) is 6.24. The van der Waals surface area contributed by atoms with E-state index in [9.17, 15) is 9.59 Å². The number of aliphatic carboxylic acids is 1. The number of rotatable bonds is 5. The van der Waals surface area contributed by atoms with Crippen LogP contribution in [-0.4, -0.2) is 32.8 Å². The number of nitrogens with one attached hydrogen (secondary N) is 1. The number of hydrogen-bond acceptors (Lipinski definition) is 3. The maximum atomic E-state index is 12.3. The molecule has 6 nitrogen and oxygen atoms in total. The van der Waals surface area contributed by atoms with Crippen molar-refractivity contribution in [3.63, 3.8) is 0 Å². The lowest BCUT2D eigenvalue weighted by Crippen LogP contribution is -2.33. The lowest BCUT2D eigenvalue weighted by Gasteiger charge is -2.12. The maximum Gasteiger partial charge on any atom is 0.306 e. The number of amides is 1. The van der Waals surface area contributed by atoms with Crippen molar-refractivity contribution in [2.75, 3.05) is 0 Å². The van der Waals surface area contributed by atoms with Gasteiger partial charge in [-0.1, -0.05) is 13.8 Å². The first kappa shape index (κ1) is 15.5. The summed E-state index contributed by atoms with van der Waals surface area (Å²) in [4.78, 5) is 23.2. The zero-order chi connectivity index (χ0) is 15.6. The SMILES string of the molecule is Cc1c(C(=O)N[C@@H]2CC[C@H](C(=O)O)C2)cnn1CC(C)C. The molecule has 0 radical (unpaired) electrons. The predicted molar refractivity (Wildman–Crippen MR) is 78.0 cm³/mol. The lowest BCUT2D eigenvalue weighted by molar-refractivity contribution is -0.141. The van der Waals surface area contributed by atoms with Crippen molar-refractivity contribution in [1.82, 2.24) is 15.1 Å². The summed E-state index contributed by atoms with van der Waals surface area (Å²) in [6, 6.07) is -0.0496. The van der Waals surface area contributed by atoms with E-state index >= 15 is 0 Å². The van der Waals surface area contributed by atoms with Crippen molar-refractivity contribution in [2.24, 2.45) is 11.8 Å². The molecule has 0 unspecified atom stereocenters. The third kappa shape index (κ3) is 3.62. The molecule has 6 heteroatoms. The minimum Gasteiger partial charge on any atom is -0.481 e. The van der Waals surface area contributed by atoms with Crippen molar-refractivity contribution in [1.29, 1.82) is 0 Å². The van der Waals surface area contributed by atoms with E-state index in [0.29, 0.717) is 24.3 Å². The molecule has 116 valence electrons. The number of carbonyl (C=O) groups is 2. The van der Waals surface area contributed by atoms with Gasteiger partial charge in [-0.15, -0.1) is 0 Å². The van der Waals surface area contributed by atoms with Gasteiger partial charge in [0.2, 0.25) is 0 Å². The second-order valence-electron chi connectivity index (χ2n) is 6.24. The maximum absolute atomic E-state index is 12.3. The van der Waals surface area contributed by atoms with E-state index in [0.717, 1.165) is 18.7 Å². The monoisotopic (exact) mass is 293 g/mol. The molecule has 0 spiro atoms. The van der Waals surface area contributed by atoms with Crippen molar-refractivity contribution >= 4 is 11.9 Å². The van der Waals surface area contributed by atoms with Gasteiger partial charge in [-0.3, -0.25) is 14.3 Å². The molecule has 0 aliphatic heterocycles. The normalized spacial score (nSPS) is 21.7. The van der Waals surface area contributed by atoms with Gasteiger partial charge in [0.1, 0.15) is 0 Å². The first-order valence-corrected chi connectivity index (χ1v) is 7.44. The minimum absolute atomic E-state index is 0.0496. The molecular weight excluding hydrogens is 270 g/mol. The largest absolute Gasteiger partial charge is 0.481 e. The van der Waals surface area contributed by atoms with Gasteiger partial charge < -0.3 is 10.4 Å². The Morgan fingerprint density at radius 1 is 1.48 bits per heavy atom. The van der Waals surface area contributed by atoms with Gasteiger partial charge in [-0.2, -0.15) is 5.10 Å². The fourth-order valence-electron chi connectivity index (χ4n) is 2.80. The Morgan fingerprint density at radius 3 is 2.76 bits per heavy atom. The third-order valence-corrected chi connectivity index (χ3v) is 4.00. The highest BCUT2D eigenvalue weighted by Crippen LogP contribution is 2.26. The van der Waals surface area contributed by atoms with E-state index in [1.807, 2.05) is 11.6 Å². The molecule has 1 amide bonds. The van der Waals surface area contributed by atoms with Gasteiger partial charge >= 0.3 is 5.97 Å². The van der Waals surface area contributed by atoms with E-state index < -0.39 is 5.97 Å². The molecule has 0 bridgehead atoms. The predicted octanol–water partition coefficient (Wildman–Crippen LogP) is 1.83. The highest BCUT2D eigenvalue weighted by Gasteiger charge is 2.31. The van der Waals surface area contributed by atoms with E-state index in [4.69, 9.17) is 5.11 Å². The van der Waals surface area contributed by atoms with Gasteiger partial charge in [0.05, 0.1) is 17.7 Å². The molecule has 2 rings (SSSR count). The molecule has 1 heterocycles. The van der Waals surface area contributed by atoms with Gasteiger partial charge in [0.25, 0.3) is 5.91 Å². The van der Waals surface area contributed by atoms with Crippen LogP contribution in [0.15, 0.2) is 6.20 Å². The van der Waals surface area contributed by atoms with Crippen LogP contribution in [0.5, 0.6) is 0 Å². The van der Waals surface area contributed by atoms with Crippen LogP contribution in [0.1, 0.15) is 49.2 Å². The number of carbonyl (C=O) groups excluding carboxylic acids is 1. The van der Waals surface area contributed by atoms with Gasteiger partial charge in [0.15, 0.2) is 0 Å². The second kappa shape index (κ2) is 6.28. The van der Waals surface area contributed by atoms with E-state index in [1.54, 1.807) is 6.20 Å². The van der Waals surface area contributed by atoms with Gasteiger partial charge in [-0.25, -0.2) is 0 Å². The average molecular weight is 293 g/mol. The summed E-state index contributed by atoms with van der Waals surface area (Å²) in [6.45, 7) is 6.87. The van der Waals surface area contributed by atoms with E-state index in [-0.39, 0.29) is 17.9 Å². The smallest absolute Gasteiger partial charge is 0.306 e. The van der Waals surface area contributed by atoms with Crippen LogP contribution in [-0.2, 0) is 11.3 Å². The third-order valence-electron chi connectivity index (χ3n) is 4.00. The number of nitrogens with zero attached hydrogens (tertiary/aromatic N) is 2. The number of hydrogen-bond donors (Lipinski definition) is 2. The van der Waals surface area contributed by atoms with Crippen LogP contribution in [0.25, 0.3) is 0 Å². The zero-order valence-corrected chi connectivity index (χ0v) is 12.8. The van der Waals surface area contributed by atoms with Gasteiger partial charge in [-0.05, 0) is 32.1 Å². The van der Waals surface area contributed by atoms with Crippen molar-refractivity contribution in [3.8, 4) is 0 Å². The summed E-state index contributed by atoms with van der Waals surface area (Å²) in [5.74, 6) is -0.794.